The molecule has 7 N–H and O–H groups in total. The maximum absolute atomic E-state index is 8.88. The molecule has 0 aliphatic heterocycles. The molecule has 3 rings (SSSR count). The molecule has 0 unspecified atom stereocenters. The molecule has 0 radical (unpaired) electrons. The van der Waals surface area contributed by atoms with Crippen LogP contribution in [0.15, 0.2) is 48.5 Å². The minimum absolute atomic E-state index is 0.359. The lowest BCUT2D eigenvalue weighted by atomic mass is 10.1. The highest BCUT2D eigenvalue weighted by Gasteiger charge is 2.10. The second-order valence-electron chi connectivity index (χ2n) is 8.85. The van der Waals surface area contributed by atoms with Gasteiger partial charge in [0, 0.05) is 27.2 Å². The average Bonchev–Trinajstić information content (AvgIpc) is 2.84. The van der Waals surface area contributed by atoms with Gasteiger partial charge < -0.3 is 39.6 Å². The molecule has 1 heterocycles. The smallest absolute Gasteiger partial charge is 0.382 e. The third-order valence-electron chi connectivity index (χ3n) is 5.54. The third-order valence-corrected chi connectivity index (χ3v) is 6.12. The summed E-state index contributed by atoms with van der Waals surface area (Å²) in [6, 6.07) is 16.1. The Bertz CT molecular complexity index is 1330. The van der Waals surface area contributed by atoms with Crippen LogP contribution in [-0.4, -0.2) is 64.9 Å². The number of nitrogens with zero attached hydrogens (tertiary/aromatic N) is 2. The van der Waals surface area contributed by atoms with Crippen molar-refractivity contribution in [2.24, 2.45) is 0 Å². The molecule has 0 saturated heterocycles. The van der Waals surface area contributed by atoms with Crippen molar-refractivity contribution in [1.29, 1.82) is 0 Å². The lowest BCUT2D eigenvalue weighted by molar-refractivity contribution is 0.272. The Labute approximate surface area is 250 Å². The average molecular weight is 652 g/mol. The number of nitrogens with one attached hydrogen (secondary N) is 1. The van der Waals surface area contributed by atoms with Crippen LogP contribution in [-0.2, 0) is 9.13 Å². The first kappa shape index (κ1) is 37.2. The predicted octanol–water partition coefficient (Wildman–Crippen LogP) is 5.78. The highest BCUT2D eigenvalue weighted by molar-refractivity contribution is 7.45. The third kappa shape index (κ3) is 17.6. The number of pyridine rings is 1. The molecule has 0 spiro atoms. The molecule has 0 aliphatic carbocycles. The molecule has 15 heteroatoms. The van der Waals surface area contributed by atoms with Crippen LogP contribution >= 0.6 is 38.8 Å². The number of hydrogen-bond donors (Lipinski definition) is 7. The summed E-state index contributed by atoms with van der Waals surface area (Å²) in [7, 11) is -9.28. The number of anilines is 1. The lowest BCUT2D eigenvalue weighted by Gasteiger charge is -2.21. The molecular weight excluding hydrogens is 615 g/mol. The second-order valence-corrected chi connectivity index (χ2v) is 11.7. The van der Waals surface area contributed by atoms with E-state index in [1.54, 1.807) is 0 Å². The largest absolute Gasteiger partial charge is 0.466 e. The molecule has 228 valence electrons. The zero-order chi connectivity index (χ0) is 31.2. The highest BCUT2D eigenvalue weighted by Crippen LogP contribution is 2.28. The fraction of sp³-hybridized carbons (Fsp3) is 0.346. The number of benzene rings is 2. The summed E-state index contributed by atoms with van der Waals surface area (Å²) in [6.45, 7) is 10.0. The van der Waals surface area contributed by atoms with E-state index in [9.17, 15) is 0 Å². The van der Waals surface area contributed by atoms with E-state index in [1.165, 1.54) is 6.42 Å². The van der Waals surface area contributed by atoms with E-state index in [-0.39, 0.29) is 0 Å². The van der Waals surface area contributed by atoms with Gasteiger partial charge in [0.15, 0.2) is 0 Å². The molecule has 2 aromatic carbocycles. The van der Waals surface area contributed by atoms with Crippen LogP contribution in [0.25, 0.3) is 23.1 Å². The fourth-order valence-electron chi connectivity index (χ4n) is 3.71. The molecule has 0 bridgehead atoms. The number of rotatable bonds is 10. The van der Waals surface area contributed by atoms with Gasteiger partial charge in [-0.2, -0.15) is 0 Å². The molecule has 11 nitrogen and oxygen atoms in total. The number of hydrogen-bond acceptors (Lipinski definition) is 5. The Hall–Kier alpha value is -1.85. The van der Waals surface area contributed by atoms with E-state index in [4.69, 9.17) is 66.7 Å². The van der Waals surface area contributed by atoms with Crippen LogP contribution in [0.3, 0.4) is 0 Å². The van der Waals surface area contributed by atoms with Gasteiger partial charge in [0.1, 0.15) is 0 Å². The summed E-state index contributed by atoms with van der Waals surface area (Å²) in [6.07, 6.45) is 6.28. The van der Waals surface area contributed by atoms with E-state index in [1.807, 2.05) is 54.6 Å². The van der Waals surface area contributed by atoms with Crippen LogP contribution in [0.5, 0.6) is 0 Å². The number of aromatic nitrogens is 1. The number of phosphoric acid groups is 2. The van der Waals surface area contributed by atoms with Gasteiger partial charge >= 0.3 is 15.6 Å². The molecule has 1 atom stereocenters. The molecule has 0 saturated carbocycles. The standard InChI is InChI=1S/C26H31Cl2N3.2H3O4P/c1-4-31(5-2)16-8-9-19(3)29-26-18-22(14-12-20-10-6-7-11-24(20)28)30-25-17-21(27)13-15-23(25)26;2*1-5(2,3)4/h6-7,10-15,17-19H,4-5,8-9,16H2,1-3H3,(H,29,30);2*(H3,1,2,3,4)/b14-12+;;/t19-;;/m0../s1. The maximum atomic E-state index is 8.88. The summed E-state index contributed by atoms with van der Waals surface area (Å²) >= 11 is 12.5. The Morgan fingerprint density at radius 2 is 1.51 bits per heavy atom. The van der Waals surface area contributed by atoms with Crippen molar-refractivity contribution in [3.8, 4) is 0 Å². The van der Waals surface area contributed by atoms with Gasteiger partial charge in [0.2, 0.25) is 0 Å². The summed E-state index contributed by atoms with van der Waals surface area (Å²) in [5, 5.41) is 6.19. The Morgan fingerprint density at radius 1 is 0.927 bits per heavy atom. The van der Waals surface area contributed by atoms with Crippen LogP contribution in [0.1, 0.15) is 44.9 Å². The number of fused-ring (bicyclic) bond motifs is 1. The summed E-state index contributed by atoms with van der Waals surface area (Å²) < 4.78 is 17.8. The number of halogens is 2. The van der Waals surface area contributed by atoms with E-state index in [0.29, 0.717) is 11.1 Å². The van der Waals surface area contributed by atoms with Crippen LogP contribution in [0.2, 0.25) is 10.0 Å². The van der Waals surface area contributed by atoms with Crippen molar-refractivity contribution in [2.45, 2.75) is 39.7 Å². The minimum atomic E-state index is -4.64. The van der Waals surface area contributed by atoms with Gasteiger partial charge in [-0.05, 0) is 81.4 Å². The van der Waals surface area contributed by atoms with E-state index in [0.717, 1.165) is 58.9 Å². The molecular formula is C26H37Cl2N3O8P2. The molecule has 0 amide bonds. The Morgan fingerprint density at radius 3 is 2.07 bits per heavy atom. The van der Waals surface area contributed by atoms with Crippen LogP contribution in [0.4, 0.5) is 5.69 Å². The monoisotopic (exact) mass is 651 g/mol. The van der Waals surface area contributed by atoms with Gasteiger partial charge in [0.25, 0.3) is 0 Å². The van der Waals surface area contributed by atoms with Crippen molar-refractivity contribution in [3.05, 3.63) is 69.8 Å². The molecule has 0 fully saturated rings. The maximum Gasteiger partial charge on any atom is 0.466 e. The van der Waals surface area contributed by atoms with E-state index in [2.05, 4.69) is 37.1 Å². The van der Waals surface area contributed by atoms with Gasteiger partial charge in [-0.3, -0.25) is 0 Å². The molecule has 0 aliphatic rings. The first-order valence-electron chi connectivity index (χ1n) is 12.6. The van der Waals surface area contributed by atoms with Crippen LogP contribution < -0.4 is 5.32 Å². The second kappa shape index (κ2) is 18.0. The van der Waals surface area contributed by atoms with Crippen molar-refractivity contribution < 1.29 is 38.5 Å². The van der Waals surface area contributed by atoms with E-state index < -0.39 is 15.6 Å². The highest BCUT2D eigenvalue weighted by atomic mass is 35.5. The lowest BCUT2D eigenvalue weighted by Crippen LogP contribution is -2.25. The molecule has 41 heavy (non-hydrogen) atoms. The quantitative estimate of drug-likeness (QED) is 0.132. The van der Waals surface area contributed by atoms with Crippen molar-refractivity contribution in [2.75, 3.05) is 25.0 Å². The van der Waals surface area contributed by atoms with Crippen molar-refractivity contribution >= 4 is 67.6 Å². The van der Waals surface area contributed by atoms with Gasteiger partial charge in [-0.1, -0.05) is 61.3 Å². The molecule has 3 aromatic rings. The SMILES string of the molecule is CCN(CC)CCC[C@H](C)Nc1cc(/C=C/c2ccccc2Cl)nc2cc(Cl)ccc12.O=P(O)(O)O.O=P(O)(O)O. The van der Waals surface area contributed by atoms with Gasteiger partial charge in [-0.25, -0.2) is 14.1 Å². The van der Waals surface area contributed by atoms with E-state index >= 15 is 0 Å². The summed E-state index contributed by atoms with van der Waals surface area (Å²) in [5.74, 6) is 0. The Kier molecular flexibility index (Phi) is 16.3. The minimum Gasteiger partial charge on any atom is -0.382 e. The zero-order valence-corrected chi connectivity index (χ0v) is 26.2. The van der Waals surface area contributed by atoms with Gasteiger partial charge in [-0.15, -0.1) is 0 Å². The summed E-state index contributed by atoms with van der Waals surface area (Å²) in [4.78, 5) is 50.4. The van der Waals surface area contributed by atoms with Crippen molar-refractivity contribution in [3.63, 3.8) is 0 Å². The Balaban J connectivity index is 0.000000722. The topological polar surface area (TPSA) is 184 Å². The van der Waals surface area contributed by atoms with Crippen LogP contribution in [0, 0.1) is 0 Å². The first-order chi connectivity index (χ1) is 19.0. The summed E-state index contributed by atoms with van der Waals surface area (Å²) in [5.41, 5.74) is 3.80. The molecule has 1 aromatic heterocycles. The van der Waals surface area contributed by atoms with Gasteiger partial charge in [0.05, 0.1) is 11.2 Å². The normalized spacial score (nSPS) is 12.5. The first-order valence-corrected chi connectivity index (χ1v) is 16.5. The zero-order valence-electron chi connectivity index (χ0n) is 22.9. The fourth-order valence-corrected chi connectivity index (χ4v) is 4.08. The van der Waals surface area contributed by atoms with Crippen molar-refractivity contribution in [1.82, 2.24) is 9.88 Å². The predicted molar refractivity (Wildman–Crippen MR) is 166 cm³/mol.